The summed E-state index contributed by atoms with van der Waals surface area (Å²) in [5.74, 6) is -0.409. The Balaban J connectivity index is 1.72. The van der Waals surface area contributed by atoms with Crippen LogP contribution in [0.5, 0.6) is 5.88 Å². The van der Waals surface area contributed by atoms with Crippen molar-refractivity contribution in [1.29, 1.82) is 0 Å². The second kappa shape index (κ2) is 7.49. The molecule has 11 heteroatoms. The molecule has 164 valence electrons. The van der Waals surface area contributed by atoms with Gasteiger partial charge in [0.2, 0.25) is 5.88 Å². The van der Waals surface area contributed by atoms with E-state index in [9.17, 15) is 23.1 Å². The molecule has 0 aliphatic heterocycles. The van der Waals surface area contributed by atoms with Crippen molar-refractivity contribution in [2.75, 3.05) is 13.7 Å². The molecule has 0 spiro atoms. The molecule has 2 N–H and O–H groups in total. The summed E-state index contributed by atoms with van der Waals surface area (Å²) < 4.78 is 46.1. The van der Waals surface area contributed by atoms with E-state index in [0.29, 0.717) is 35.9 Å². The summed E-state index contributed by atoms with van der Waals surface area (Å²) >= 11 is 0. The Bertz CT molecular complexity index is 1150. The number of hydrogen-bond donors (Lipinski definition) is 2. The summed E-state index contributed by atoms with van der Waals surface area (Å²) in [7, 11) is 1.32. The van der Waals surface area contributed by atoms with Crippen LogP contribution in [0.4, 0.5) is 13.2 Å². The largest absolute Gasteiger partial charge is 0.481 e. The maximum atomic E-state index is 13.2. The third kappa shape index (κ3) is 4.31. The van der Waals surface area contributed by atoms with Crippen molar-refractivity contribution in [2.24, 2.45) is 0 Å². The van der Waals surface area contributed by atoms with Crippen molar-refractivity contribution in [1.82, 2.24) is 24.8 Å². The number of ether oxygens (including phenoxy) is 1. The zero-order valence-corrected chi connectivity index (χ0v) is 16.8. The van der Waals surface area contributed by atoms with Crippen molar-refractivity contribution in [2.45, 2.75) is 38.1 Å². The number of aromatic nitrogens is 4. The molecule has 0 radical (unpaired) electrons. The lowest BCUT2D eigenvalue weighted by molar-refractivity contribution is -0.137. The van der Waals surface area contributed by atoms with Crippen LogP contribution in [0.2, 0.25) is 0 Å². The van der Waals surface area contributed by atoms with Crippen molar-refractivity contribution >= 4 is 17.1 Å². The highest BCUT2D eigenvalue weighted by Crippen LogP contribution is 2.34. The molecule has 4 rings (SSSR count). The molecule has 1 saturated carbocycles. The van der Waals surface area contributed by atoms with E-state index in [1.807, 2.05) is 0 Å². The Morgan fingerprint density at radius 2 is 2.06 bits per heavy atom. The molecule has 1 aliphatic carbocycles. The molecule has 8 nitrogen and oxygen atoms in total. The maximum absolute atomic E-state index is 13.2. The van der Waals surface area contributed by atoms with E-state index in [-0.39, 0.29) is 30.1 Å². The van der Waals surface area contributed by atoms with E-state index in [1.54, 1.807) is 6.92 Å². The van der Waals surface area contributed by atoms with Crippen molar-refractivity contribution in [3.8, 4) is 5.88 Å². The fraction of sp³-hybridized carbons (Fsp3) is 0.400. The molecule has 3 aromatic heterocycles. The number of hydrogen-bond acceptors (Lipinski definition) is 6. The van der Waals surface area contributed by atoms with Crippen molar-refractivity contribution < 1.29 is 27.8 Å². The summed E-state index contributed by atoms with van der Waals surface area (Å²) in [5.41, 5.74) is -0.146. The van der Waals surface area contributed by atoms with Gasteiger partial charge in [-0.2, -0.15) is 13.2 Å². The van der Waals surface area contributed by atoms with Crippen LogP contribution < -0.4 is 10.1 Å². The van der Waals surface area contributed by atoms with Gasteiger partial charge in [0, 0.05) is 30.7 Å². The number of carbonyl (C=O) groups excluding carboxylic acids is 1. The zero-order valence-electron chi connectivity index (χ0n) is 16.8. The average molecular weight is 435 g/mol. The van der Waals surface area contributed by atoms with E-state index in [4.69, 9.17) is 4.74 Å². The van der Waals surface area contributed by atoms with Crippen LogP contribution in [0.1, 0.15) is 40.0 Å². The van der Waals surface area contributed by atoms with Crippen LogP contribution in [-0.2, 0) is 12.7 Å². The molecule has 0 unspecified atom stereocenters. The molecule has 0 bridgehead atoms. The monoisotopic (exact) mass is 435 g/mol. The third-order valence-corrected chi connectivity index (χ3v) is 5.12. The number of nitrogens with one attached hydrogen (secondary N) is 1. The topological polar surface area (TPSA) is 102 Å². The van der Waals surface area contributed by atoms with Gasteiger partial charge in [0.05, 0.1) is 36.1 Å². The van der Waals surface area contributed by atoms with E-state index in [1.165, 1.54) is 24.1 Å². The second-order valence-electron chi connectivity index (χ2n) is 7.65. The molecular weight excluding hydrogens is 415 g/mol. The predicted molar refractivity (Wildman–Crippen MR) is 104 cm³/mol. The Morgan fingerprint density at radius 3 is 2.71 bits per heavy atom. The van der Waals surface area contributed by atoms with Gasteiger partial charge in [-0.25, -0.2) is 9.97 Å². The quantitative estimate of drug-likeness (QED) is 0.617. The summed E-state index contributed by atoms with van der Waals surface area (Å²) in [6.07, 6.45) is 0.381. The summed E-state index contributed by atoms with van der Waals surface area (Å²) in [5, 5.41) is 12.6. The van der Waals surface area contributed by atoms with Gasteiger partial charge in [-0.15, -0.1) is 0 Å². The number of pyridine rings is 1. The molecule has 1 amide bonds. The average Bonchev–Trinajstić information content (AvgIpc) is 3.36. The fourth-order valence-electron chi connectivity index (χ4n) is 3.21. The Labute approximate surface area is 175 Å². The normalized spacial score (nSPS) is 15.2. The van der Waals surface area contributed by atoms with Crippen molar-refractivity contribution in [3.05, 3.63) is 47.0 Å². The van der Waals surface area contributed by atoms with E-state index < -0.39 is 23.2 Å². The Hall–Kier alpha value is -3.21. The smallest absolute Gasteiger partial charge is 0.417 e. The molecule has 31 heavy (non-hydrogen) atoms. The number of rotatable bonds is 6. The van der Waals surface area contributed by atoms with Crippen LogP contribution in [0, 0.1) is 6.92 Å². The molecule has 0 aromatic carbocycles. The second-order valence-corrected chi connectivity index (χ2v) is 7.65. The number of aryl methyl sites for hydroxylation is 1. The van der Waals surface area contributed by atoms with Crippen LogP contribution in [0.3, 0.4) is 0 Å². The van der Waals surface area contributed by atoms with Gasteiger partial charge in [-0.3, -0.25) is 9.78 Å². The number of carbonyl (C=O) groups is 1. The summed E-state index contributed by atoms with van der Waals surface area (Å²) in [4.78, 5) is 25.2. The standard InChI is InChI=1S/C20H20F3N5O3/c1-11-6-24-15-14(17(29)26-10-19(30)3-4-19)9-28(16(15)27-11)8-12-5-13(20(21,22)23)7-25-18(12)31-2/h5-7,9,30H,3-4,8,10H2,1-2H3,(H,26,29). The van der Waals surface area contributed by atoms with Crippen LogP contribution in [0.15, 0.2) is 24.7 Å². The number of amides is 1. The minimum absolute atomic E-state index is 0.0393. The number of nitrogens with zero attached hydrogens (tertiary/aromatic N) is 4. The number of fused-ring (bicyclic) bond motifs is 1. The number of alkyl halides is 3. The minimum atomic E-state index is -4.56. The highest BCUT2D eigenvalue weighted by Gasteiger charge is 2.40. The van der Waals surface area contributed by atoms with E-state index in [2.05, 4.69) is 20.3 Å². The first kappa shape index (κ1) is 21.0. The third-order valence-electron chi connectivity index (χ3n) is 5.12. The fourth-order valence-corrected chi connectivity index (χ4v) is 3.21. The highest BCUT2D eigenvalue weighted by atomic mass is 19.4. The van der Waals surface area contributed by atoms with Gasteiger partial charge in [-0.05, 0) is 25.8 Å². The van der Waals surface area contributed by atoms with Gasteiger partial charge >= 0.3 is 6.18 Å². The SMILES string of the molecule is COc1ncc(C(F)(F)F)cc1Cn1cc(C(=O)NCC2(O)CC2)c2ncc(C)nc21. The molecule has 1 aliphatic rings. The lowest BCUT2D eigenvalue weighted by atomic mass is 10.2. The van der Waals surface area contributed by atoms with Crippen LogP contribution in [-0.4, -0.2) is 49.8 Å². The van der Waals surface area contributed by atoms with Gasteiger partial charge in [0.25, 0.3) is 5.91 Å². The van der Waals surface area contributed by atoms with Crippen molar-refractivity contribution in [3.63, 3.8) is 0 Å². The predicted octanol–water partition coefficient (Wildman–Crippen LogP) is 2.47. The Kier molecular flexibility index (Phi) is 5.08. The van der Waals surface area contributed by atoms with Gasteiger partial charge < -0.3 is 19.7 Å². The first-order chi connectivity index (χ1) is 14.6. The molecular formula is C20H20F3N5O3. The summed E-state index contributed by atoms with van der Waals surface area (Å²) in [6.45, 7) is 1.77. The van der Waals surface area contributed by atoms with Gasteiger partial charge in [0.15, 0.2) is 5.65 Å². The molecule has 0 saturated heterocycles. The number of halogens is 3. The number of aliphatic hydroxyl groups is 1. The van der Waals surface area contributed by atoms with E-state index in [0.717, 1.165) is 6.07 Å². The molecule has 0 atom stereocenters. The molecule has 1 fully saturated rings. The lowest BCUT2D eigenvalue weighted by Gasteiger charge is -2.12. The lowest BCUT2D eigenvalue weighted by Crippen LogP contribution is -2.33. The molecule has 3 aromatic rings. The van der Waals surface area contributed by atoms with E-state index >= 15 is 0 Å². The van der Waals surface area contributed by atoms with Crippen LogP contribution in [0.25, 0.3) is 11.2 Å². The first-order valence-corrected chi connectivity index (χ1v) is 9.53. The Morgan fingerprint density at radius 1 is 1.32 bits per heavy atom. The van der Waals surface area contributed by atoms with Gasteiger partial charge in [0.1, 0.15) is 5.52 Å². The summed E-state index contributed by atoms with van der Waals surface area (Å²) in [6, 6.07) is 0.962. The first-order valence-electron chi connectivity index (χ1n) is 9.53. The van der Waals surface area contributed by atoms with Gasteiger partial charge in [-0.1, -0.05) is 0 Å². The maximum Gasteiger partial charge on any atom is 0.417 e. The minimum Gasteiger partial charge on any atom is -0.481 e. The zero-order chi connectivity index (χ0) is 22.4. The number of methoxy groups -OCH3 is 1. The van der Waals surface area contributed by atoms with Crippen LogP contribution >= 0.6 is 0 Å². The highest BCUT2D eigenvalue weighted by molar-refractivity contribution is 6.04. The molecule has 3 heterocycles.